The lowest BCUT2D eigenvalue weighted by Gasteiger charge is -2.19. The number of benzene rings is 2. The molecule has 2 aromatic carbocycles. The van der Waals surface area contributed by atoms with Gasteiger partial charge in [-0.05, 0) is 48.7 Å². The van der Waals surface area contributed by atoms with Gasteiger partial charge in [-0.2, -0.15) is 0 Å². The van der Waals surface area contributed by atoms with E-state index in [9.17, 15) is 4.79 Å². The van der Waals surface area contributed by atoms with Crippen LogP contribution < -0.4 is 19.5 Å². The molecule has 0 bridgehead atoms. The molecule has 4 rings (SSSR count). The molecule has 1 atom stereocenters. The first-order valence-electron chi connectivity index (χ1n) is 9.29. The van der Waals surface area contributed by atoms with Crippen LogP contribution >= 0.6 is 0 Å². The van der Waals surface area contributed by atoms with Crippen LogP contribution in [0.5, 0.6) is 17.2 Å². The average molecular weight is 369 g/mol. The third-order valence-corrected chi connectivity index (χ3v) is 4.62. The zero-order valence-electron chi connectivity index (χ0n) is 15.1. The average Bonchev–Trinajstić information content (AvgIpc) is 3.24. The van der Waals surface area contributed by atoms with Crippen molar-refractivity contribution in [3.63, 3.8) is 0 Å². The summed E-state index contributed by atoms with van der Waals surface area (Å²) in [7, 11) is 0. The van der Waals surface area contributed by atoms with Gasteiger partial charge in [-0.1, -0.05) is 12.1 Å². The highest BCUT2D eigenvalue weighted by Crippen LogP contribution is 2.30. The molecule has 0 aromatic heterocycles. The second-order valence-corrected chi connectivity index (χ2v) is 6.63. The molecular formula is C21H23NO5. The minimum Gasteiger partial charge on any atom is -0.491 e. The van der Waals surface area contributed by atoms with Gasteiger partial charge in [0.25, 0.3) is 5.91 Å². The summed E-state index contributed by atoms with van der Waals surface area (Å²) in [6.45, 7) is 2.84. The first kappa shape index (κ1) is 17.7. The van der Waals surface area contributed by atoms with E-state index in [0.29, 0.717) is 37.7 Å². The first-order chi connectivity index (χ1) is 13.3. The number of carbonyl (C=O) groups is 1. The van der Waals surface area contributed by atoms with Gasteiger partial charge in [0, 0.05) is 18.7 Å². The molecule has 2 aromatic rings. The standard InChI is InChI=1S/C21H23NO5/c23-21(22-13-15-6-7-19-20(11-15)26-10-9-25-19)16-3-1-4-17(12-16)27-14-18-5-2-8-24-18/h1,3-4,6-7,11-12,18H,2,5,8-10,13-14H2,(H,22,23). The number of carbonyl (C=O) groups excluding carboxylic acids is 1. The van der Waals surface area contributed by atoms with E-state index >= 15 is 0 Å². The SMILES string of the molecule is O=C(NCc1ccc2c(c1)OCCO2)c1cccc(OCC2CCCO2)c1. The third kappa shape index (κ3) is 4.52. The maximum Gasteiger partial charge on any atom is 0.251 e. The molecule has 142 valence electrons. The molecule has 0 saturated carbocycles. The third-order valence-electron chi connectivity index (χ3n) is 4.62. The summed E-state index contributed by atoms with van der Waals surface area (Å²) < 4.78 is 22.4. The molecule has 1 unspecified atom stereocenters. The van der Waals surface area contributed by atoms with Crippen molar-refractivity contribution in [2.24, 2.45) is 0 Å². The Labute approximate surface area is 158 Å². The fraction of sp³-hybridized carbons (Fsp3) is 0.381. The molecule has 2 aliphatic heterocycles. The molecule has 1 fully saturated rings. The van der Waals surface area contributed by atoms with Crippen LogP contribution in [0.4, 0.5) is 0 Å². The molecule has 1 saturated heterocycles. The monoisotopic (exact) mass is 369 g/mol. The molecular weight excluding hydrogens is 346 g/mol. The van der Waals surface area contributed by atoms with Crippen molar-refractivity contribution < 1.29 is 23.7 Å². The number of amides is 1. The summed E-state index contributed by atoms with van der Waals surface area (Å²) in [5.41, 5.74) is 1.52. The highest BCUT2D eigenvalue weighted by Gasteiger charge is 2.16. The fourth-order valence-electron chi connectivity index (χ4n) is 3.17. The molecule has 0 aliphatic carbocycles. The lowest BCUT2D eigenvalue weighted by molar-refractivity contribution is 0.0679. The van der Waals surface area contributed by atoms with E-state index in [1.807, 2.05) is 30.3 Å². The molecule has 2 heterocycles. The van der Waals surface area contributed by atoms with Crippen LogP contribution in [-0.4, -0.2) is 38.4 Å². The number of hydrogen-bond acceptors (Lipinski definition) is 5. The van der Waals surface area contributed by atoms with Crippen LogP contribution in [0.15, 0.2) is 42.5 Å². The summed E-state index contributed by atoms with van der Waals surface area (Å²) in [5, 5.41) is 2.93. The predicted octanol–water partition coefficient (Wildman–Crippen LogP) is 2.95. The van der Waals surface area contributed by atoms with Crippen molar-refractivity contribution in [1.82, 2.24) is 5.32 Å². The Kier molecular flexibility index (Phi) is 5.44. The summed E-state index contributed by atoms with van der Waals surface area (Å²) in [6.07, 6.45) is 2.25. The van der Waals surface area contributed by atoms with E-state index in [1.54, 1.807) is 12.1 Å². The van der Waals surface area contributed by atoms with Crippen LogP contribution in [0, 0.1) is 0 Å². The van der Waals surface area contributed by atoms with E-state index in [2.05, 4.69) is 5.32 Å². The van der Waals surface area contributed by atoms with Crippen LogP contribution in [0.1, 0.15) is 28.8 Å². The zero-order valence-corrected chi connectivity index (χ0v) is 15.1. The van der Waals surface area contributed by atoms with Crippen molar-refractivity contribution in [2.45, 2.75) is 25.5 Å². The number of nitrogens with one attached hydrogen (secondary N) is 1. The van der Waals surface area contributed by atoms with Gasteiger partial charge in [0.1, 0.15) is 25.6 Å². The molecule has 0 spiro atoms. The van der Waals surface area contributed by atoms with E-state index < -0.39 is 0 Å². The summed E-state index contributed by atoms with van der Waals surface area (Å²) >= 11 is 0. The second kappa shape index (κ2) is 8.31. The van der Waals surface area contributed by atoms with Crippen LogP contribution in [-0.2, 0) is 11.3 Å². The molecule has 0 radical (unpaired) electrons. The maximum absolute atomic E-state index is 12.5. The van der Waals surface area contributed by atoms with Gasteiger partial charge < -0.3 is 24.3 Å². The Morgan fingerprint density at radius 2 is 1.96 bits per heavy atom. The molecule has 2 aliphatic rings. The van der Waals surface area contributed by atoms with Gasteiger partial charge in [-0.3, -0.25) is 4.79 Å². The molecule has 1 amide bonds. The van der Waals surface area contributed by atoms with Gasteiger partial charge in [0.05, 0.1) is 6.10 Å². The van der Waals surface area contributed by atoms with Crippen molar-refractivity contribution in [3.05, 3.63) is 53.6 Å². The van der Waals surface area contributed by atoms with Gasteiger partial charge in [0.2, 0.25) is 0 Å². The molecule has 6 nitrogen and oxygen atoms in total. The van der Waals surface area contributed by atoms with Crippen LogP contribution in [0.2, 0.25) is 0 Å². The summed E-state index contributed by atoms with van der Waals surface area (Å²) in [4.78, 5) is 12.5. The highest BCUT2D eigenvalue weighted by molar-refractivity contribution is 5.94. The Morgan fingerprint density at radius 3 is 2.81 bits per heavy atom. The normalized spacial score (nSPS) is 18.1. The van der Waals surface area contributed by atoms with Gasteiger partial charge in [-0.25, -0.2) is 0 Å². The number of hydrogen-bond donors (Lipinski definition) is 1. The minimum absolute atomic E-state index is 0.146. The maximum atomic E-state index is 12.5. The van der Waals surface area contributed by atoms with Gasteiger partial charge >= 0.3 is 0 Å². The topological polar surface area (TPSA) is 66.0 Å². The van der Waals surface area contributed by atoms with E-state index in [1.165, 1.54) is 0 Å². The lowest BCUT2D eigenvalue weighted by Crippen LogP contribution is -2.23. The minimum atomic E-state index is -0.146. The summed E-state index contributed by atoms with van der Waals surface area (Å²) in [6, 6.07) is 12.9. The molecule has 27 heavy (non-hydrogen) atoms. The van der Waals surface area contributed by atoms with E-state index in [4.69, 9.17) is 18.9 Å². The van der Waals surface area contributed by atoms with Gasteiger partial charge in [0.15, 0.2) is 11.5 Å². The van der Waals surface area contributed by atoms with E-state index in [-0.39, 0.29) is 12.0 Å². The Balaban J connectivity index is 1.33. The number of rotatable bonds is 6. The second-order valence-electron chi connectivity index (χ2n) is 6.63. The zero-order chi connectivity index (χ0) is 18.5. The number of fused-ring (bicyclic) bond motifs is 1. The van der Waals surface area contributed by atoms with Crippen LogP contribution in [0.25, 0.3) is 0 Å². The largest absolute Gasteiger partial charge is 0.491 e. The van der Waals surface area contributed by atoms with Crippen molar-refractivity contribution in [2.75, 3.05) is 26.4 Å². The highest BCUT2D eigenvalue weighted by atomic mass is 16.6. The first-order valence-corrected chi connectivity index (χ1v) is 9.29. The lowest BCUT2D eigenvalue weighted by atomic mass is 10.1. The smallest absolute Gasteiger partial charge is 0.251 e. The fourth-order valence-corrected chi connectivity index (χ4v) is 3.17. The quantitative estimate of drug-likeness (QED) is 0.848. The van der Waals surface area contributed by atoms with Gasteiger partial charge in [-0.15, -0.1) is 0 Å². The number of ether oxygens (including phenoxy) is 4. The van der Waals surface area contributed by atoms with Crippen molar-refractivity contribution in [1.29, 1.82) is 0 Å². The van der Waals surface area contributed by atoms with Crippen molar-refractivity contribution in [3.8, 4) is 17.2 Å². The Hall–Kier alpha value is -2.73. The van der Waals surface area contributed by atoms with Crippen molar-refractivity contribution >= 4 is 5.91 Å². The predicted molar refractivity (Wildman–Crippen MR) is 99.5 cm³/mol. The Bertz CT molecular complexity index is 801. The Morgan fingerprint density at radius 1 is 1.07 bits per heavy atom. The van der Waals surface area contributed by atoms with Crippen LogP contribution in [0.3, 0.4) is 0 Å². The molecule has 6 heteroatoms. The molecule has 1 N–H and O–H groups in total. The summed E-state index contributed by atoms with van der Waals surface area (Å²) in [5.74, 6) is 2.00. The van der Waals surface area contributed by atoms with E-state index in [0.717, 1.165) is 36.5 Å².